The van der Waals surface area contributed by atoms with Crippen LogP contribution in [0, 0.1) is 13.8 Å². The molecule has 0 aromatic heterocycles. The number of rotatable bonds is 7. The molecule has 0 fully saturated rings. The Morgan fingerprint density at radius 1 is 1.12 bits per heavy atom. The topological polar surface area (TPSA) is 47.6 Å². The fourth-order valence-electron chi connectivity index (χ4n) is 2.30. The van der Waals surface area contributed by atoms with E-state index in [0.29, 0.717) is 34.4 Å². The van der Waals surface area contributed by atoms with Gasteiger partial charge < -0.3 is 14.8 Å². The fourth-order valence-corrected chi connectivity index (χ4v) is 2.86. The predicted octanol–water partition coefficient (Wildman–Crippen LogP) is 5.28. The molecule has 6 heteroatoms. The summed E-state index contributed by atoms with van der Waals surface area (Å²) in [5.74, 6) is 0.362. The van der Waals surface area contributed by atoms with Crippen molar-refractivity contribution >= 4 is 34.9 Å². The number of hydrogen-bond acceptors (Lipinski definition) is 4. The standard InChI is InChI=1S/C19H21Cl2NO3/c1-12-5-6-15(9-13(12)2)25-8-4-7-22-18-16(19(23)24-3)10-14(20)11-17(18)21/h5-6,9-11,22H,4,7-8H2,1-3H3. The number of methoxy groups -OCH3 is 1. The predicted molar refractivity (Wildman–Crippen MR) is 102 cm³/mol. The molecular weight excluding hydrogens is 361 g/mol. The van der Waals surface area contributed by atoms with Crippen molar-refractivity contribution in [3.63, 3.8) is 0 Å². The molecule has 2 rings (SSSR count). The molecule has 4 nitrogen and oxygen atoms in total. The van der Waals surface area contributed by atoms with Crippen LogP contribution in [0.2, 0.25) is 10.0 Å². The fraction of sp³-hybridized carbons (Fsp3) is 0.316. The van der Waals surface area contributed by atoms with Gasteiger partial charge in [0, 0.05) is 11.6 Å². The summed E-state index contributed by atoms with van der Waals surface area (Å²) in [5.41, 5.74) is 3.27. The van der Waals surface area contributed by atoms with Gasteiger partial charge in [0.1, 0.15) is 5.75 Å². The Bertz CT molecular complexity index is 763. The van der Waals surface area contributed by atoms with Crippen LogP contribution in [0.15, 0.2) is 30.3 Å². The van der Waals surface area contributed by atoms with E-state index < -0.39 is 5.97 Å². The van der Waals surface area contributed by atoms with E-state index in [0.717, 1.165) is 12.2 Å². The summed E-state index contributed by atoms with van der Waals surface area (Å²) in [6.07, 6.45) is 0.743. The summed E-state index contributed by atoms with van der Waals surface area (Å²) < 4.78 is 10.5. The van der Waals surface area contributed by atoms with Gasteiger partial charge in [-0.2, -0.15) is 0 Å². The zero-order valence-corrected chi connectivity index (χ0v) is 16.0. The van der Waals surface area contributed by atoms with E-state index in [1.54, 1.807) is 6.07 Å². The van der Waals surface area contributed by atoms with Gasteiger partial charge in [0.15, 0.2) is 0 Å². The van der Waals surface area contributed by atoms with Crippen molar-refractivity contribution in [3.8, 4) is 5.75 Å². The van der Waals surface area contributed by atoms with Gasteiger partial charge in [-0.1, -0.05) is 29.3 Å². The van der Waals surface area contributed by atoms with E-state index in [1.165, 1.54) is 24.3 Å². The van der Waals surface area contributed by atoms with Crippen molar-refractivity contribution in [1.29, 1.82) is 0 Å². The number of aryl methyl sites for hydroxylation is 2. The number of carbonyl (C=O) groups excluding carboxylic acids is 1. The molecule has 0 amide bonds. The Balaban J connectivity index is 1.91. The minimum absolute atomic E-state index is 0.315. The Morgan fingerprint density at radius 3 is 2.56 bits per heavy atom. The molecule has 0 saturated carbocycles. The van der Waals surface area contributed by atoms with Crippen molar-refractivity contribution in [2.24, 2.45) is 0 Å². The smallest absolute Gasteiger partial charge is 0.340 e. The lowest BCUT2D eigenvalue weighted by Crippen LogP contribution is -2.12. The second kappa shape index (κ2) is 8.97. The number of benzene rings is 2. The molecule has 2 aromatic carbocycles. The van der Waals surface area contributed by atoms with E-state index >= 15 is 0 Å². The average molecular weight is 382 g/mol. The molecule has 2 aromatic rings. The number of nitrogens with one attached hydrogen (secondary N) is 1. The first kappa shape index (κ1) is 19.4. The number of hydrogen-bond donors (Lipinski definition) is 1. The highest BCUT2D eigenvalue weighted by Crippen LogP contribution is 2.30. The van der Waals surface area contributed by atoms with E-state index in [4.69, 9.17) is 32.7 Å². The van der Waals surface area contributed by atoms with Crippen LogP contribution in [-0.2, 0) is 4.74 Å². The van der Waals surface area contributed by atoms with Crippen LogP contribution in [-0.4, -0.2) is 26.2 Å². The van der Waals surface area contributed by atoms with E-state index in [-0.39, 0.29) is 0 Å². The van der Waals surface area contributed by atoms with Crippen molar-refractivity contribution in [3.05, 3.63) is 57.1 Å². The molecule has 0 aliphatic carbocycles. The molecule has 0 heterocycles. The number of esters is 1. The normalized spacial score (nSPS) is 10.4. The number of carbonyl (C=O) groups is 1. The van der Waals surface area contributed by atoms with Gasteiger partial charge in [-0.15, -0.1) is 0 Å². The largest absolute Gasteiger partial charge is 0.494 e. The zero-order valence-electron chi connectivity index (χ0n) is 14.5. The van der Waals surface area contributed by atoms with Gasteiger partial charge in [0.25, 0.3) is 0 Å². The lowest BCUT2D eigenvalue weighted by atomic mass is 10.1. The third kappa shape index (κ3) is 5.28. The molecule has 0 atom stereocenters. The van der Waals surface area contributed by atoms with Gasteiger partial charge in [0.05, 0.1) is 30.0 Å². The third-order valence-corrected chi connectivity index (χ3v) is 4.35. The molecule has 0 bridgehead atoms. The van der Waals surface area contributed by atoms with Crippen LogP contribution in [0.5, 0.6) is 5.75 Å². The Hall–Kier alpha value is -1.91. The maximum atomic E-state index is 11.9. The molecule has 25 heavy (non-hydrogen) atoms. The second-order valence-corrected chi connectivity index (χ2v) is 6.52. The van der Waals surface area contributed by atoms with Crippen molar-refractivity contribution in [2.45, 2.75) is 20.3 Å². The van der Waals surface area contributed by atoms with Gasteiger partial charge >= 0.3 is 5.97 Å². The van der Waals surface area contributed by atoms with Gasteiger partial charge in [-0.3, -0.25) is 0 Å². The zero-order chi connectivity index (χ0) is 18.4. The molecule has 134 valence electrons. The summed E-state index contributed by atoms with van der Waals surface area (Å²) in [5, 5.41) is 3.92. The second-order valence-electron chi connectivity index (χ2n) is 5.68. The van der Waals surface area contributed by atoms with Crippen LogP contribution in [0.3, 0.4) is 0 Å². The summed E-state index contributed by atoms with van der Waals surface area (Å²) in [6.45, 7) is 5.27. The van der Waals surface area contributed by atoms with Crippen LogP contribution in [0.1, 0.15) is 27.9 Å². The minimum Gasteiger partial charge on any atom is -0.494 e. The number of halogens is 2. The quantitative estimate of drug-likeness (QED) is 0.523. The summed E-state index contributed by atoms with van der Waals surface area (Å²) in [7, 11) is 1.32. The average Bonchev–Trinajstić information content (AvgIpc) is 2.58. The first-order valence-corrected chi connectivity index (χ1v) is 8.69. The van der Waals surface area contributed by atoms with Crippen LogP contribution < -0.4 is 10.1 Å². The van der Waals surface area contributed by atoms with Gasteiger partial charge in [-0.25, -0.2) is 4.79 Å². The molecule has 0 unspecified atom stereocenters. The third-order valence-electron chi connectivity index (χ3n) is 3.83. The Kier molecular flexibility index (Phi) is 6.97. The van der Waals surface area contributed by atoms with Crippen molar-refractivity contribution < 1.29 is 14.3 Å². The SMILES string of the molecule is COC(=O)c1cc(Cl)cc(Cl)c1NCCCOc1ccc(C)c(C)c1. The lowest BCUT2D eigenvalue weighted by Gasteiger charge is -2.14. The van der Waals surface area contributed by atoms with E-state index in [2.05, 4.69) is 19.2 Å². The van der Waals surface area contributed by atoms with Gasteiger partial charge in [-0.05, 0) is 55.7 Å². The van der Waals surface area contributed by atoms with Crippen molar-refractivity contribution in [2.75, 3.05) is 25.6 Å². The first-order chi connectivity index (χ1) is 11.9. The number of ether oxygens (including phenoxy) is 2. The molecule has 0 aliphatic rings. The summed E-state index contributed by atoms with van der Waals surface area (Å²) >= 11 is 12.1. The maximum absolute atomic E-state index is 11.9. The molecule has 0 spiro atoms. The Morgan fingerprint density at radius 2 is 1.88 bits per heavy atom. The highest BCUT2D eigenvalue weighted by Gasteiger charge is 2.16. The maximum Gasteiger partial charge on any atom is 0.340 e. The van der Waals surface area contributed by atoms with Crippen LogP contribution in [0.4, 0.5) is 5.69 Å². The molecular formula is C19H21Cl2NO3. The number of anilines is 1. The first-order valence-electron chi connectivity index (χ1n) is 7.93. The minimum atomic E-state index is -0.488. The summed E-state index contributed by atoms with van der Waals surface area (Å²) in [4.78, 5) is 11.9. The molecule has 1 N–H and O–H groups in total. The summed E-state index contributed by atoms with van der Waals surface area (Å²) in [6, 6.07) is 9.14. The highest BCUT2D eigenvalue weighted by molar-refractivity contribution is 6.37. The lowest BCUT2D eigenvalue weighted by molar-refractivity contribution is 0.0602. The van der Waals surface area contributed by atoms with Gasteiger partial charge in [0.2, 0.25) is 0 Å². The highest BCUT2D eigenvalue weighted by atomic mass is 35.5. The van der Waals surface area contributed by atoms with Crippen LogP contribution in [0.25, 0.3) is 0 Å². The molecule has 0 aliphatic heterocycles. The van der Waals surface area contributed by atoms with Crippen LogP contribution >= 0.6 is 23.2 Å². The molecule has 0 radical (unpaired) electrons. The molecule has 0 saturated heterocycles. The van der Waals surface area contributed by atoms with E-state index in [9.17, 15) is 4.79 Å². The van der Waals surface area contributed by atoms with E-state index in [1.807, 2.05) is 18.2 Å². The Labute approximate surface area is 158 Å². The van der Waals surface area contributed by atoms with Crippen molar-refractivity contribution in [1.82, 2.24) is 0 Å². The monoisotopic (exact) mass is 381 g/mol.